The number of anilines is 1. The Morgan fingerprint density at radius 1 is 1.19 bits per heavy atom. The lowest BCUT2D eigenvalue weighted by Gasteiger charge is -2.16. The summed E-state index contributed by atoms with van der Waals surface area (Å²) >= 11 is 0. The van der Waals surface area contributed by atoms with E-state index in [1.807, 2.05) is 12.1 Å². The molecule has 1 N–H and O–H groups in total. The quantitative estimate of drug-likeness (QED) is 0.912. The Labute approximate surface area is 149 Å². The maximum absolute atomic E-state index is 13.4. The molecule has 2 aromatic rings. The van der Waals surface area contributed by atoms with Gasteiger partial charge in [0.25, 0.3) is 0 Å². The molecule has 0 saturated carbocycles. The van der Waals surface area contributed by atoms with Crippen LogP contribution < -0.4 is 19.7 Å². The van der Waals surface area contributed by atoms with Crippen molar-refractivity contribution in [3.63, 3.8) is 0 Å². The highest BCUT2D eigenvalue weighted by Crippen LogP contribution is 2.32. The number of hydrogen-bond donors (Lipinski definition) is 1. The number of carbonyl (C=O) groups excluding carboxylic acids is 2. The number of amides is 2. The van der Waals surface area contributed by atoms with Crippen LogP contribution in [0, 0.1) is 11.7 Å². The lowest BCUT2D eigenvalue weighted by Crippen LogP contribution is -2.32. The molecule has 4 rings (SSSR count). The van der Waals surface area contributed by atoms with E-state index in [0.29, 0.717) is 23.7 Å². The van der Waals surface area contributed by atoms with Crippen LogP contribution in [-0.2, 0) is 16.1 Å². The van der Waals surface area contributed by atoms with Crippen molar-refractivity contribution in [3.05, 3.63) is 53.8 Å². The van der Waals surface area contributed by atoms with E-state index in [9.17, 15) is 14.0 Å². The van der Waals surface area contributed by atoms with Gasteiger partial charge >= 0.3 is 0 Å². The second-order valence-corrected chi connectivity index (χ2v) is 6.29. The fourth-order valence-electron chi connectivity index (χ4n) is 3.16. The Balaban J connectivity index is 1.37. The summed E-state index contributed by atoms with van der Waals surface area (Å²) in [4.78, 5) is 26.1. The minimum absolute atomic E-state index is 0.115. The predicted molar refractivity (Wildman–Crippen MR) is 91.3 cm³/mol. The van der Waals surface area contributed by atoms with Crippen molar-refractivity contribution in [3.8, 4) is 11.5 Å². The molecule has 2 aromatic carbocycles. The summed E-state index contributed by atoms with van der Waals surface area (Å²) < 4.78 is 23.9. The van der Waals surface area contributed by atoms with Crippen molar-refractivity contribution in [1.82, 2.24) is 5.32 Å². The second kappa shape index (κ2) is 6.67. The number of carbonyl (C=O) groups is 2. The normalized spacial score (nSPS) is 18.3. The molecule has 7 heteroatoms. The molecule has 0 aliphatic carbocycles. The minimum atomic E-state index is -0.459. The summed E-state index contributed by atoms with van der Waals surface area (Å²) in [5.41, 5.74) is 1.36. The first-order chi connectivity index (χ1) is 12.6. The first kappa shape index (κ1) is 16.4. The topological polar surface area (TPSA) is 67.9 Å². The van der Waals surface area contributed by atoms with Gasteiger partial charge in [0.15, 0.2) is 11.5 Å². The summed E-state index contributed by atoms with van der Waals surface area (Å²) in [6.07, 6.45) is 0.115. The number of nitrogens with one attached hydrogen (secondary N) is 1. The highest BCUT2D eigenvalue weighted by molar-refractivity contribution is 6.00. The van der Waals surface area contributed by atoms with E-state index in [4.69, 9.17) is 9.47 Å². The number of fused-ring (bicyclic) bond motifs is 1. The molecule has 2 aliphatic rings. The maximum atomic E-state index is 13.4. The zero-order valence-corrected chi connectivity index (χ0v) is 13.9. The van der Waals surface area contributed by atoms with Crippen LogP contribution in [-0.4, -0.2) is 25.2 Å². The average molecular weight is 356 g/mol. The molecular weight excluding hydrogens is 339 g/mol. The Morgan fingerprint density at radius 3 is 2.88 bits per heavy atom. The first-order valence-corrected chi connectivity index (χ1v) is 8.32. The molecule has 1 unspecified atom stereocenters. The van der Waals surface area contributed by atoms with Gasteiger partial charge in [-0.15, -0.1) is 0 Å². The highest BCUT2D eigenvalue weighted by Gasteiger charge is 2.35. The van der Waals surface area contributed by atoms with E-state index in [1.165, 1.54) is 17.0 Å². The molecule has 0 spiro atoms. The summed E-state index contributed by atoms with van der Waals surface area (Å²) in [5, 5.41) is 2.85. The van der Waals surface area contributed by atoms with Crippen molar-refractivity contribution in [2.45, 2.75) is 13.0 Å². The predicted octanol–water partition coefficient (Wildman–Crippen LogP) is 2.22. The van der Waals surface area contributed by atoms with Crippen LogP contribution in [0.2, 0.25) is 0 Å². The van der Waals surface area contributed by atoms with Crippen molar-refractivity contribution in [1.29, 1.82) is 0 Å². The largest absolute Gasteiger partial charge is 0.454 e. The van der Waals surface area contributed by atoms with Crippen LogP contribution in [0.5, 0.6) is 11.5 Å². The zero-order valence-electron chi connectivity index (χ0n) is 13.9. The van der Waals surface area contributed by atoms with Crippen molar-refractivity contribution in [2.24, 2.45) is 5.92 Å². The van der Waals surface area contributed by atoms with E-state index >= 15 is 0 Å². The van der Waals surface area contributed by atoms with Crippen LogP contribution >= 0.6 is 0 Å². The Hall–Kier alpha value is -3.09. The van der Waals surface area contributed by atoms with Crippen molar-refractivity contribution in [2.75, 3.05) is 18.2 Å². The van der Waals surface area contributed by atoms with Crippen LogP contribution in [0.3, 0.4) is 0 Å². The molecular formula is C19H17FN2O4. The number of ether oxygens (including phenoxy) is 2. The van der Waals surface area contributed by atoms with Crippen LogP contribution in [0.15, 0.2) is 42.5 Å². The van der Waals surface area contributed by atoms with Gasteiger partial charge in [0.05, 0.1) is 5.92 Å². The molecule has 134 valence electrons. The summed E-state index contributed by atoms with van der Waals surface area (Å²) in [6.45, 7) is 0.778. The fourth-order valence-corrected chi connectivity index (χ4v) is 3.16. The Morgan fingerprint density at radius 2 is 2.04 bits per heavy atom. The van der Waals surface area contributed by atoms with Crippen molar-refractivity contribution < 1.29 is 23.5 Å². The number of rotatable bonds is 4. The number of benzene rings is 2. The van der Waals surface area contributed by atoms with Crippen LogP contribution in [0.25, 0.3) is 0 Å². The third kappa shape index (κ3) is 3.20. The van der Waals surface area contributed by atoms with Gasteiger partial charge in [0.2, 0.25) is 18.6 Å². The van der Waals surface area contributed by atoms with E-state index in [-0.39, 0.29) is 31.6 Å². The lowest BCUT2D eigenvalue weighted by molar-refractivity contribution is -0.126. The molecule has 1 atom stereocenters. The maximum Gasteiger partial charge on any atom is 0.231 e. The third-order valence-electron chi connectivity index (χ3n) is 4.52. The lowest BCUT2D eigenvalue weighted by atomic mass is 10.1. The van der Waals surface area contributed by atoms with Crippen LogP contribution in [0.4, 0.5) is 10.1 Å². The molecule has 0 radical (unpaired) electrons. The van der Waals surface area contributed by atoms with E-state index < -0.39 is 11.7 Å². The Bertz CT molecular complexity index is 870. The number of nitrogens with zero attached hydrogens (tertiary/aromatic N) is 1. The first-order valence-electron chi connectivity index (χ1n) is 8.32. The number of halogens is 1. The average Bonchev–Trinajstić information content (AvgIpc) is 3.25. The van der Waals surface area contributed by atoms with E-state index in [2.05, 4.69) is 5.32 Å². The van der Waals surface area contributed by atoms with Gasteiger partial charge in [-0.05, 0) is 35.9 Å². The Kier molecular flexibility index (Phi) is 4.20. The van der Waals surface area contributed by atoms with Gasteiger partial charge < -0.3 is 19.7 Å². The van der Waals surface area contributed by atoms with Gasteiger partial charge in [0.1, 0.15) is 5.82 Å². The highest BCUT2D eigenvalue weighted by atomic mass is 19.1. The summed E-state index contributed by atoms with van der Waals surface area (Å²) in [7, 11) is 0. The second-order valence-electron chi connectivity index (χ2n) is 6.29. The molecule has 1 saturated heterocycles. The van der Waals surface area contributed by atoms with E-state index in [1.54, 1.807) is 18.2 Å². The molecule has 0 aromatic heterocycles. The molecule has 2 heterocycles. The molecule has 6 nitrogen and oxygen atoms in total. The summed E-state index contributed by atoms with van der Waals surface area (Å²) in [5.74, 6) is 0.0943. The smallest absolute Gasteiger partial charge is 0.231 e. The molecule has 0 bridgehead atoms. The van der Waals surface area contributed by atoms with Gasteiger partial charge in [0, 0.05) is 25.2 Å². The van der Waals surface area contributed by atoms with Gasteiger partial charge in [-0.2, -0.15) is 0 Å². The van der Waals surface area contributed by atoms with Gasteiger partial charge in [-0.3, -0.25) is 9.59 Å². The third-order valence-corrected chi connectivity index (χ3v) is 4.52. The summed E-state index contributed by atoms with van der Waals surface area (Å²) in [6, 6.07) is 11.3. The van der Waals surface area contributed by atoms with Crippen molar-refractivity contribution >= 4 is 17.5 Å². The number of hydrogen-bond acceptors (Lipinski definition) is 4. The fraction of sp³-hybridized carbons (Fsp3) is 0.263. The molecule has 26 heavy (non-hydrogen) atoms. The monoisotopic (exact) mass is 356 g/mol. The molecule has 1 fully saturated rings. The molecule has 2 aliphatic heterocycles. The van der Waals surface area contributed by atoms with Gasteiger partial charge in [-0.1, -0.05) is 12.1 Å². The van der Waals surface area contributed by atoms with Gasteiger partial charge in [-0.25, -0.2) is 4.39 Å². The zero-order chi connectivity index (χ0) is 18.1. The van der Waals surface area contributed by atoms with E-state index in [0.717, 1.165) is 5.56 Å². The SMILES string of the molecule is O=C(NCc1ccc2c(c1)OCO2)C1CC(=O)N(c2cccc(F)c2)C1. The molecule has 2 amide bonds. The minimum Gasteiger partial charge on any atom is -0.454 e. The standard InChI is InChI=1S/C19H17FN2O4/c20-14-2-1-3-15(8-14)22-10-13(7-18(22)23)19(24)21-9-12-4-5-16-17(6-12)26-11-25-16/h1-6,8,13H,7,9-11H2,(H,21,24). The van der Waals surface area contributed by atoms with Crippen LogP contribution in [0.1, 0.15) is 12.0 Å².